The van der Waals surface area contributed by atoms with E-state index in [2.05, 4.69) is 28.9 Å². The summed E-state index contributed by atoms with van der Waals surface area (Å²) in [6.07, 6.45) is 1.92. The Labute approximate surface area is 94.9 Å². The van der Waals surface area contributed by atoms with E-state index in [0.29, 0.717) is 0 Å². The van der Waals surface area contributed by atoms with E-state index < -0.39 is 0 Å². The number of aryl methyl sites for hydroxylation is 1. The van der Waals surface area contributed by atoms with Gasteiger partial charge in [-0.1, -0.05) is 22.9 Å². The van der Waals surface area contributed by atoms with Crippen LogP contribution in [0.5, 0.6) is 0 Å². The van der Waals surface area contributed by atoms with Crippen molar-refractivity contribution in [3.05, 3.63) is 33.1 Å². The number of carbonyl (C=O) groups is 1. The van der Waals surface area contributed by atoms with E-state index in [4.69, 9.17) is 0 Å². The first-order valence-electron chi connectivity index (χ1n) is 4.41. The Hall–Kier alpha value is -0.670. The molecule has 0 atom stereocenters. The van der Waals surface area contributed by atoms with Gasteiger partial charge in [-0.25, -0.2) is 0 Å². The zero-order chi connectivity index (χ0) is 10.1. The molecule has 1 aromatic carbocycles. The molecule has 1 nitrogen and oxygen atoms in total. The maximum Gasteiger partial charge on any atom is 0.151 e. The summed E-state index contributed by atoms with van der Waals surface area (Å²) in [4.78, 5) is 10.7. The first kappa shape index (κ1) is 9.87. The van der Waals surface area contributed by atoms with Crippen LogP contribution in [0, 0.1) is 0 Å². The predicted octanol–water partition coefficient (Wildman–Crippen LogP) is 4.04. The second-order valence-electron chi connectivity index (χ2n) is 3.10. The summed E-state index contributed by atoms with van der Waals surface area (Å²) in [7, 11) is 0. The minimum Gasteiger partial charge on any atom is -0.298 e. The number of hydrogen-bond acceptors (Lipinski definition) is 2. The highest BCUT2D eigenvalue weighted by molar-refractivity contribution is 9.10. The highest BCUT2D eigenvalue weighted by atomic mass is 79.9. The molecule has 2 rings (SSSR count). The van der Waals surface area contributed by atoms with Crippen LogP contribution >= 0.6 is 27.3 Å². The van der Waals surface area contributed by atoms with Crippen LogP contribution in [-0.2, 0) is 6.42 Å². The molecule has 0 aliphatic rings. The summed E-state index contributed by atoms with van der Waals surface area (Å²) in [6, 6.07) is 4.19. The van der Waals surface area contributed by atoms with Crippen LogP contribution in [-0.4, -0.2) is 6.29 Å². The largest absolute Gasteiger partial charge is 0.298 e. The van der Waals surface area contributed by atoms with Gasteiger partial charge in [0.2, 0.25) is 0 Å². The lowest BCUT2D eigenvalue weighted by atomic mass is 10.1. The molecule has 0 spiro atoms. The topological polar surface area (TPSA) is 17.1 Å². The first-order valence-corrected chi connectivity index (χ1v) is 6.08. The third-order valence-corrected chi connectivity index (χ3v) is 3.98. The lowest BCUT2D eigenvalue weighted by molar-refractivity contribution is 0.112. The Morgan fingerprint density at radius 3 is 2.93 bits per heavy atom. The van der Waals surface area contributed by atoms with Crippen molar-refractivity contribution in [2.45, 2.75) is 13.3 Å². The first-order chi connectivity index (χ1) is 6.76. The van der Waals surface area contributed by atoms with Crippen molar-refractivity contribution < 1.29 is 4.79 Å². The normalized spacial score (nSPS) is 10.7. The zero-order valence-corrected chi connectivity index (χ0v) is 10.1. The fourth-order valence-corrected chi connectivity index (χ4v) is 3.05. The van der Waals surface area contributed by atoms with Gasteiger partial charge in [0, 0.05) is 25.5 Å². The number of halogens is 1. The van der Waals surface area contributed by atoms with E-state index in [9.17, 15) is 4.79 Å². The Bertz CT molecular complexity index is 487. The summed E-state index contributed by atoms with van der Waals surface area (Å²) in [5, 5.41) is 2.96. The van der Waals surface area contributed by atoms with E-state index in [1.165, 1.54) is 10.3 Å². The molecule has 0 saturated carbocycles. The van der Waals surface area contributed by atoms with Crippen LogP contribution in [0.25, 0.3) is 10.1 Å². The van der Waals surface area contributed by atoms with Crippen molar-refractivity contribution in [1.29, 1.82) is 0 Å². The quantitative estimate of drug-likeness (QED) is 0.752. The van der Waals surface area contributed by atoms with Gasteiger partial charge < -0.3 is 0 Å². The fraction of sp³-hybridized carbons (Fsp3) is 0.182. The molecule has 72 valence electrons. The summed E-state index contributed by atoms with van der Waals surface area (Å²) in [5.41, 5.74) is 2.07. The van der Waals surface area contributed by atoms with E-state index in [1.54, 1.807) is 11.3 Å². The summed E-state index contributed by atoms with van der Waals surface area (Å²) in [6.45, 7) is 2.13. The molecular weight excluding hydrogens is 260 g/mol. The van der Waals surface area contributed by atoms with Gasteiger partial charge in [0.15, 0.2) is 6.29 Å². The molecule has 0 saturated heterocycles. The van der Waals surface area contributed by atoms with E-state index >= 15 is 0 Å². The molecule has 2 aromatic rings. The number of carbonyl (C=O) groups excluding carboxylic acids is 1. The van der Waals surface area contributed by atoms with E-state index in [0.717, 1.165) is 28.1 Å². The number of benzene rings is 1. The van der Waals surface area contributed by atoms with Crippen molar-refractivity contribution in [3.8, 4) is 0 Å². The average Bonchev–Trinajstić information content (AvgIpc) is 2.58. The third-order valence-electron chi connectivity index (χ3n) is 2.28. The lowest BCUT2D eigenvalue weighted by Gasteiger charge is -2.01. The number of aldehydes is 1. The highest BCUT2D eigenvalue weighted by Crippen LogP contribution is 2.30. The van der Waals surface area contributed by atoms with E-state index in [1.807, 2.05) is 11.4 Å². The second-order valence-corrected chi connectivity index (χ2v) is 4.87. The Morgan fingerprint density at radius 1 is 1.50 bits per heavy atom. The smallest absolute Gasteiger partial charge is 0.151 e. The zero-order valence-electron chi connectivity index (χ0n) is 7.71. The maximum absolute atomic E-state index is 10.7. The van der Waals surface area contributed by atoms with Gasteiger partial charge in [0.25, 0.3) is 0 Å². The molecule has 3 heteroatoms. The fourth-order valence-electron chi connectivity index (χ4n) is 1.47. The van der Waals surface area contributed by atoms with Crippen molar-refractivity contribution in [3.63, 3.8) is 0 Å². The second kappa shape index (κ2) is 3.83. The average molecular weight is 269 g/mol. The van der Waals surface area contributed by atoms with Crippen molar-refractivity contribution >= 4 is 43.6 Å². The van der Waals surface area contributed by atoms with Gasteiger partial charge in [0.1, 0.15) is 0 Å². The highest BCUT2D eigenvalue weighted by Gasteiger charge is 2.06. The molecular formula is C11H9BrOS. The van der Waals surface area contributed by atoms with Crippen molar-refractivity contribution in [2.75, 3.05) is 0 Å². The minimum atomic E-state index is 0.786. The van der Waals surface area contributed by atoms with Crippen LogP contribution < -0.4 is 0 Å². The maximum atomic E-state index is 10.7. The summed E-state index contributed by atoms with van der Waals surface area (Å²) >= 11 is 5.14. The number of thiophene rings is 1. The Balaban J connectivity index is 2.75. The number of hydrogen-bond donors (Lipinski definition) is 0. The predicted molar refractivity (Wildman–Crippen MR) is 64.3 cm³/mol. The molecule has 0 radical (unpaired) electrons. The molecule has 0 fully saturated rings. The minimum absolute atomic E-state index is 0.786. The van der Waals surface area contributed by atoms with Crippen molar-refractivity contribution in [2.24, 2.45) is 0 Å². The van der Waals surface area contributed by atoms with Crippen LogP contribution in [0.1, 0.15) is 22.8 Å². The van der Waals surface area contributed by atoms with Crippen LogP contribution in [0.15, 0.2) is 22.0 Å². The third kappa shape index (κ3) is 1.51. The molecule has 14 heavy (non-hydrogen) atoms. The van der Waals surface area contributed by atoms with Gasteiger partial charge in [-0.3, -0.25) is 4.79 Å². The van der Waals surface area contributed by atoms with Gasteiger partial charge in [-0.2, -0.15) is 0 Å². The summed E-state index contributed by atoms with van der Waals surface area (Å²) < 4.78 is 2.28. The van der Waals surface area contributed by atoms with Gasteiger partial charge in [-0.05, 0) is 24.1 Å². The molecule has 0 bridgehead atoms. The molecule has 0 unspecified atom stereocenters. The molecule has 0 aliphatic carbocycles. The molecule has 0 amide bonds. The molecule has 1 heterocycles. The summed E-state index contributed by atoms with van der Waals surface area (Å²) in [5.74, 6) is 0. The van der Waals surface area contributed by atoms with Gasteiger partial charge in [0.05, 0.1) is 0 Å². The molecule has 0 aliphatic heterocycles. The van der Waals surface area contributed by atoms with Crippen LogP contribution in [0.4, 0.5) is 0 Å². The standard InChI is InChI=1S/C11H9BrOS/c1-2-7-3-11-9(4-10(7)12)8(5-13)6-14-11/h3-6H,2H2,1H3. The van der Waals surface area contributed by atoms with E-state index in [-0.39, 0.29) is 0 Å². The molecule has 0 N–H and O–H groups in total. The monoisotopic (exact) mass is 268 g/mol. The van der Waals surface area contributed by atoms with Gasteiger partial charge in [-0.15, -0.1) is 11.3 Å². The molecule has 1 aromatic heterocycles. The van der Waals surface area contributed by atoms with Crippen molar-refractivity contribution in [1.82, 2.24) is 0 Å². The van der Waals surface area contributed by atoms with Gasteiger partial charge >= 0.3 is 0 Å². The Morgan fingerprint density at radius 2 is 2.29 bits per heavy atom. The Kier molecular flexibility index (Phi) is 2.70. The van der Waals surface area contributed by atoms with Crippen LogP contribution in [0.3, 0.4) is 0 Å². The number of fused-ring (bicyclic) bond motifs is 1. The van der Waals surface area contributed by atoms with Crippen LogP contribution in [0.2, 0.25) is 0 Å². The SMILES string of the molecule is CCc1cc2scc(C=O)c2cc1Br. The number of rotatable bonds is 2. The lowest BCUT2D eigenvalue weighted by Crippen LogP contribution is -1.82.